The molecule has 2 N–H and O–H groups in total. The Morgan fingerprint density at radius 1 is 1.07 bits per heavy atom. The summed E-state index contributed by atoms with van der Waals surface area (Å²) in [6.07, 6.45) is 0. The molecule has 2 aromatic rings. The van der Waals surface area contributed by atoms with Crippen LogP contribution in [0.25, 0.3) is 0 Å². The van der Waals surface area contributed by atoms with Gasteiger partial charge in [0.05, 0.1) is 19.8 Å². The Labute approximate surface area is 172 Å². The highest BCUT2D eigenvalue weighted by atomic mass is 32.2. The van der Waals surface area contributed by atoms with Crippen LogP contribution in [-0.4, -0.2) is 34.1 Å². The predicted octanol–water partition coefficient (Wildman–Crippen LogP) is 3.27. The molecule has 0 aliphatic heterocycles. The second-order valence-electron chi connectivity index (χ2n) is 6.84. The fraction of sp³-hybridized carbons (Fsp3) is 0.381. The molecule has 2 aromatic carbocycles. The summed E-state index contributed by atoms with van der Waals surface area (Å²) >= 11 is 0. The van der Waals surface area contributed by atoms with Gasteiger partial charge < -0.3 is 14.8 Å². The number of benzene rings is 2. The Kier molecular flexibility index (Phi) is 7.64. The van der Waals surface area contributed by atoms with Crippen LogP contribution in [0, 0.1) is 0 Å². The van der Waals surface area contributed by atoms with Crippen LogP contribution in [0.3, 0.4) is 0 Å². The number of sulfonamides is 1. The van der Waals surface area contributed by atoms with Gasteiger partial charge in [0, 0.05) is 11.6 Å². The topological polar surface area (TPSA) is 93.7 Å². The molecule has 0 aliphatic rings. The number of carbonyl (C=O) groups is 1. The molecule has 0 radical (unpaired) electrons. The molecule has 158 valence electrons. The molecular formula is C21H28N2O5S. The first-order valence-corrected chi connectivity index (χ1v) is 10.9. The van der Waals surface area contributed by atoms with Crippen molar-refractivity contribution in [2.45, 2.75) is 44.7 Å². The number of ether oxygens (including phenoxy) is 2. The van der Waals surface area contributed by atoms with E-state index in [0.29, 0.717) is 6.61 Å². The number of nitrogens with one attached hydrogen (secondary N) is 2. The smallest absolute Gasteiger partial charge is 0.251 e. The normalized spacial score (nSPS) is 12.5. The third kappa shape index (κ3) is 5.95. The largest absolute Gasteiger partial charge is 0.495 e. The van der Waals surface area contributed by atoms with E-state index >= 15 is 0 Å². The third-order valence-electron chi connectivity index (χ3n) is 4.14. The van der Waals surface area contributed by atoms with Gasteiger partial charge in [0.2, 0.25) is 10.0 Å². The first-order chi connectivity index (χ1) is 13.7. The standard InChI is InChI=1S/C21H28N2O5S/c1-6-28-18-10-7-16(8-11-18)15(4)22-21(24)17-9-12-19(27-5)20(13-17)29(25,26)23-14(2)3/h7-15,23H,6H2,1-5H3,(H,22,24). The first-order valence-electron chi connectivity index (χ1n) is 9.42. The molecule has 0 aromatic heterocycles. The highest BCUT2D eigenvalue weighted by molar-refractivity contribution is 7.89. The molecule has 0 saturated carbocycles. The highest BCUT2D eigenvalue weighted by Gasteiger charge is 2.23. The minimum Gasteiger partial charge on any atom is -0.495 e. The van der Waals surface area contributed by atoms with Crippen molar-refractivity contribution in [3.8, 4) is 11.5 Å². The van der Waals surface area contributed by atoms with Gasteiger partial charge in [-0.2, -0.15) is 0 Å². The number of hydrogen-bond donors (Lipinski definition) is 2. The maximum atomic E-state index is 12.7. The fourth-order valence-corrected chi connectivity index (χ4v) is 4.23. The van der Waals surface area contributed by atoms with Crippen molar-refractivity contribution in [1.82, 2.24) is 10.0 Å². The van der Waals surface area contributed by atoms with Crippen molar-refractivity contribution >= 4 is 15.9 Å². The van der Waals surface area contributed by atoms with E-state index in [9.17, 15) is 13.2 Å². The lowest BCUT2D eigenvalue weighted by atomic mass is 10.1. The molecule has 1 amide bonds. The molecule has 0 fully saturated rings. The van der Waals surface area contributed by atoms with E-state index in [1.807, 2.05) is 38.1 Å². The molecule has 0 heterocycles. The SMILES string of the molecule is CCOc1ccc(C(C)NC(=O)c2ccc(OC)c(S(=O)(=O)NC(C)C)c2)cc1. The maximum Gasteiger partial charge on any atom is 0.251 e. The molecular weight excluding hydrogens is 392 g/mol. The lowest BCUT2D eigenvalue weighted by Gasteiger charge is -2.17. The van der Waals surface area contributed by atoms with Gasteiger partial charge in [-0.15, -0.1) is 0 Å². The zero-order valence-corrected chi connectivity index (χ0v) is 18.2. The fourth-order valence-electron chi connectivity index (χ4n) is 2.78. The summed E-state index contributed by atoms with van der Waals surface area (Å²) in [6, 6.07) is 11.2. The summed E-state index contributed by atoms with van der Waals surface area (Å²) in [5.41, 5.74) is 1.14. The van der Waals surface area contributed by atoms with Crippen molar-refractivity contribution < 1.29 is 22.7 Å². The minimum atomic E-state index is -3.82. The Hall–Kier alpha value is -2.58. The number of rotatable bonds is 9. The number of methoxy groups -OCH3 is 1. The average molecular weight is 421 g/mol. The Morgan fingerprint density at radius 2 is 1.72 bits per heavy atom. The van der Waals surface area contributed by atoms with Crippen LogP contribution >= 0.6 is 0 Å². The van der Waals surface area contributed by atoms with E-state index in [0.717, 1.165) is 11.3 Å². The van der Waals surface area contributed by atoms with Gasteiger partial charge in [-0.3, -0.25) is 4.79 Å². The highest BCUT2D eigenvalue weighted by Crippen LogP contribution is 2.26. The summed E-state index contributed by atoms with van der Waals surface area (Å²) in [5, 5.41) is 2.89. The molecule has 29 heavy (non-hydrogen) atoms. The summed E-state index contributed by atoms with van der Waals surface area (Å²) in [6.45, 7) is 7.80. The lowest BCUT2D eigenvalue weighted by molar-refractivity contribution is 0.0939. The van der Waals surface area contributed by atoms with E-state index in [1.165, 1.54) is 25.3 Å². The van der Waals surface area contributed by atoms with Crippen LogP contribution in [0.4, 0.5) is 0 Å². The van der Waals surface area contributed by atoms with Gasteiger partial charge in [0.15, 0.2) is 0 Å². The molecule has 1 atom stereocenters. The Morgan fingerprint density at radius 3 is 2.28 bits per heavy atom. The first kappa shape index (κ1) is 22.7. The van der Waals surface area contributed by atoms with Gasteiger partial charge in [0.1, 0.15) is 16.4 Å². The monoisotopic (exact) mass is 420 g/mol. The van der Waals surface area contributed by atoms with Crippen LogP contribution in [0.5, 0.6) is 11.5 Å². The second kappa shape index (κ2) is 9.76. The van der Waals surface area contributed by atoms with Gasteiger partial charge in [-0.25, -0.2) is 13.1 Å². The molecule has 1 unspecified atom stereocenters. The molecule has 8 heteroatoms. The summed E-state index contributed by atoms with van der Waals surface area (Å²) in [5.74, 6) is 0.557. The van der Waals surface area contributed by atoms with E-state index in [4.69, 9.17) is 9.47 Å². The molecule has 0 spiro atoms. The number of hydrogen-bond acceptors (Lipinski definition) is 5. The van der Waals surface area contributed by atoms with Crippen molar-refractivity contribution in [3.63, 3.8) is 0 Å². The molecule has 0 aliphatic carbocycles. The zero-order valence-electron chi connectivity index (χ0n) is 17.4. The van der Waals surface area contributed by atoms with Crippen LogP contribution in [0.2, 0.25) is 0 Å². The maximum absolute atomic E-state index is 12.7. The predicted molar refractivity (Wildman–Crippen MR) is 112 cm³/mol. The zero-order chi connectivity index (χ0) is 21.6. The second-order valence-corrected chi connectivity index (χ2v) is 8.52. The van der Waals surface area contributed by atoms with E-state index in [-0.39, 0.29) is 34.2 Å². The van der Waals surface area contributed by atoms with Gasteiger partial charge >= 0.3 is 0 Å². The van der Waals surface area contributed by atoms with Crippen molar-refractivity contribution in [2.75, 3.05) is 13.7 Å². The van der Waals surface area contributed by atoms with Crippen molar-refractivity contribution in [3.05, 3.63) is 53.6 Å². The summed E-state index contributed by atoms with van der Waals surface area (Å²) < 4.78 is 38.3. The summed E-state index contributed by atoms with van der Waals surface area (Å²) in [4.78, 5) is 12.6. The van der Waals surface area contributed by atoms with E-state index in [1.54, 1.807) is 13.8 Å². The Bertz CT molecular complexity index is 940. The number of carbonyl (C=O) groups excluding carboxylic acids is 1. The minimum absolute atomic E-state index is 0.0740. The van der Waals surface area contributed by atoms with E-state index in [2.05, 4.69) is 10.0 Å². The lowest BCUT2D eigenvalue weighted by Crippen LogP contribution is -2.31. The van der Waals surface area contributed by atoms with Crippen LogP contribution in [0.1, 0.15) is 49.7 Å². The van der Waals surface area contributed by atoms with Crippen LogP contribution < -0.4 is 19.5 Å². The van der Waals surface area contributed by atoms with Gasteiger partial charge in [-0.1, -0.05) is 12.1 Å². The van der Waals surface area contributed by atoms with Gasteiger partial charge in [0.25, 0.3) is 5.91 Å². The Balaban J connectivity index is 2.23. The van der Waals surface area contributed by atoms with Gasteiger partial charge in [-0.05, 0) is 63.6 Å². The number of amides is 1. The summed E-state index contributed by atoms with van der Waals surface area (Å²) in [7, 11) is -2.43. The quantitative estimate of drug-likeness (QED) is 0.649. The van der Waals surface area contributed by atoms with Crippen molar-refractivity contribution in [2.24, 2.45) is 0 Å². The van der Waals surface area contributed by atoms with Crippen LogP contribution in [-0.2, 0) is 10.0 Å². The third-order valence-corrected chi connectivity index (χ3v) is 5.82. The van der Waals surface area contributed by atoms with E-state index < -0.39 is 10.0 Å². The molecule has 7 nitrogen and oxygen atoms in total. The molecule has 0 bridgehead atoms. The average Bonchev–Trinajstić information content (AvgIpc) is 2.67. The molecule has 2 rings (SSSR count). The molecule has 0 saturated heterocycles. The van der Waals surface area contributed by atoms with Crippen LogP contribution in [0.15, 0.2) is 47.4 Å². The van der Waals surface area contributed by atoms with Crippen molar-refractivity contribution in [1.29, 1.82) is 0 Å².